The van der Waals surface area contributed by atoms with E-state index in [0.29, 0.717) is 24.3 Å². The summed E-state index contributed by atoms with van der Waals surface area (Å²) in [4.78, 5) is 20.5. The molecule has 0 bridgehead atoms. The van der Waals surface area contributed by atoms with Crippen molar-refractivity contribution in [2.45, 2.75) is 38.7 Å². The second-order valence-electron chi connectivity index (χ2n) is 5.41. The number of amides is 1. The number of rotatable bonds is 4. The maximum absolute atomic E-state index is 12.4. The van der Waals surface area contributed by atoms with Crippen LogP contribution in [0.15, 0.2) is 12.5 Å². The van der Waals surface area contributed by atoms with E-state index in [9.17, 15) is 9.90 Å². The van der Waals surface area contributed by atoms with Crippen molar-refractivity contribution in [3.63, 3.8) is 0 Å². The number of aliphatic hydroxyl groups is 1. The average molecular weight is 289 g/mol. The highest BCUT2D eigenvalue weighted by Crippen LogP contribution is 2.24. The van der Waals surface area contributed by atoms with E-state index in [-0.39, 0.29) is 17.9 Å². The number of hydrogen-bond donors (Lipinski definition) is 2. The molecule has 2 unspecified atom stereocenters. The van der Waals surface area contributed by atoms with Gasteiger partial charge in [0.2, 0.25) is 0 Å². The monoisotopic (exact) mass is 289 g/mol. The summed E-state index contributed by atoms with van der Waals surface area (Å²) in [7, 11) is 0. The Hall–Kier alpha value is -2.02. The molecule has 2 aromatic heterocycles. The van der Waals surface area contributed by atoms with Crippen molar-refractivity contribution in [1.82, 2.24) is 24.9 Å². The summed E-state index contributed by atoms with van der Waals surface area (Å²) < 4.78 is 1.60. The first-order chi connectivity index (χ1) is 10.2. The Morgan fingerprint density at radius 1 is 1.48 bits per heavy atom. The van der Waals surface area contributed by atoms with Crippen molar-refractivity contribution in [3.8, 4) is 0 Å². The first-order valence-electron chi connectivity index (χ1n) is 7.34. The molecule has 7 nitrogen and oxygen atoms in total. The Bertz CT molecular complexity index is 654. The quantitative estimate of drug-likeness (QED) is 0.859. The average Bonchev–Trinajstić information content (AvgIpc) is 3.12. The predicted molar refractivity (Wildman–Crippen MR) is 75.8 cm³/mol. The molecule has 1 amide bonds. The molecule has 1 aliphatic carbocycles. The lowest BCUT2D eigenvalue weighted by Crippen LogP contribution is -2.33. The number of hydrogen-bond acceptors (Lipinski definition) is 5. The summed E-state index contributed by atoms with van der Waals surface area (Å²) in [5.41, 5.74) is 1.31. The summed E-state index contributed by atoms with van der Waals surface area (Å²) in [5, 5.41) is 16.8. The van der Waals surface area contributed by atoms with Gasteiger partial charge in [-0.1, -0.05) is 13.3 Å². The van der Waals surface area contributed by atoms with Gasteiger partial charge in [-0.2, -0.15) is 10.1 Å². The molecule has 0 radical (unpaired) electrons. The van der Waals surface area contributed by atoms with Gasteiger partial charge in [0.25, 0.3) is 11.7 Å². The van der Waals surface area contributed by atoms with Gasteiger partial charge in [0.1, 0.15) is 6.33 Å². The fourth-order valence-electron chi connectivity index (χ4n) is 2.93. The molecule has 2 aromatic rings. The molecule has 0 aliphatic heterocycles. The van der Waals surface area contributed by atoms with Crippen LogP contribution in [0.1, 0.15) is 42.2 Å². The van der Waals surface area contributed by atoms with E-state index in [1.165, 1.54) is 6.33 Å². The highest BCUT2D eigenvalue weighted by Gasteiger charge is 2.26. The summed E-state index contributed by atoms with van der Waals surface area (Å²) in [6.07, 6.45) is 6.15. The summed E-state index contributed by atoms with van der Waals surface area (Å²) in [6.45, 7) is 2.46. The topological polar surface area (TPSA) is 92.4 Å². The molecule has 2 N–H and O–H groups in total. The van der Waals surface area contributed by atoms with Gasteiger partial charge >= 0.3 is 0 Å². The predicted octanol–water partition coefficient (Wildman–Crippen LogP) is 0.577. The van der Waals surface area contributed by atoms with Gasteiger partial charge in [0.05, 0.1) is 17.4 Å². The van der Waals surface area contributed by atoms with Gasteiger partial charge < -0.3 is 10.4 Å². The smallest absolute Gasteiger partial charge is 0.254 e. The van der Waals surface area contributed by atoms with E-state index < -0.39 is 0 Å². The SMILES string of the molecule is CCc1c(C(=O)NCC2CCCC2O)cnc2ncnn12. The third-order valence-electron chi connectivity index (χ3n) is 4.13. The largest absolute Gasteiger partial charge is 0.393 e. The number of carbonyl (C=O) groups is 1. The first kappa shape index (κ1) is 13.9. The lowest BCUT2D eigenvalue weighted by Gasteiger charge is -2.16. The summed E-state index contributed by atoms with van der Waals surface area (Å²) >= 11 is 0. The Morgan fingerprint density at radius 3 is 3.05 bits per heavy atom. The Balaban J connectivity index is 1.77. The van der Waals surface area contributed by atoms with Crippen LogP contribution in [0.3, 0.4) is 0 Å². The zero-order valence-corrected chi connectivity index (χ0v) is 12.0. The number of nitrogens with zero attached hydrogens (tertiary/aromatic N) is 4. The van der Waals surface area contributed by atoms with Gasteiger partial charge in [-0.3, -0.25) is 4.79 Å². The maximum Gasteiger partial charge on any atom is 0.254 e. The molecule has 3 rings (SSSR count). The Labute approximate surface area is 122 Å². The van der Waals surface area contributed by atoms with Gasteiger partial charge in [-0.05, 0) is 19.3 Å². The van der Waals surface area contributed by atoms with Gasteiger partial charge in [0, 0.05) is 18.7 Å². The van der Waals surface area contributed by atoms with Crippen LogP contribution in [0.25, 0.3) is 5.78 Å². The van der Waals surface area contributed by atoms with Crippen molar-refractivity contribution in [2.75, 3.05) is 6.54 Å². The number of nitrogens with one attached hydrogen (secondary N) is 1. The van der Waals surface area contributed by atoms with Crippen LogP contribution in [0.5, 0.6) is 0 Å². The van der Waals surface area contributed by atoms with Gasteiger partial charge in [-0.15, -0.1) is 0 Å². The number of carbonyl (C=O) groups excluding carboxylic acids is 1. The van der Waals surface area contributed by atoms with E-state index in [1.54, 1.807) is 10.7 Å². The van der Waals surface area contributed by atoms with Gasteiger partial charge in [-0.25, -0.2) is 9.50 Å². The molecular weight excluding hydrogens is 270 g/mol. The lowest BCUT2D eigenvalue weighted by atomic mass is 10.1. The standard InChI is InChI=1S/C14H19N5O2/c1-2-11-10(7-16-14-17-8-18-19(11)14)13(21)15-6-9-4-3-5-12(9)20/h7-9,12,20H,2-6H2,1H3,(H,15,21). The first-order valence-corrected chi connectivity index (χ1v) is 7.34. The third kappa shape index (κ3) is 2.61. The molecule has 112 valence electrons. The molecule has 1 aliphatic rings. The normalized spacial score (nSPS) is 21.8. The van der Waals surface area contributed by atoms with Crippen molar-refractivity contribution < 1.29 is 9.90 Å². The molecule has 0 aromatic carbocycles. The second kappa shape index (κ2) is 5.77. The van der Waals surface area contributed by atoms with Crippen LogP contribution in [0.4, 0.5) is 0 Å². The number of aliphatic hydroxyl groups excluding tert-OH is 1. The molecule has 1 saturated carbocycles. The Morgan fingerprint density at radius 2 is 2.33 bits per heavy atom. The third-order valence-corrected chi connectivity index (χ3v) is 4.13. The molecule has 7 heteroatoms. The lowest BCUT2D eigenvalue weighted by molar-refractivity contribution is 0.0915. The zero-order chi connectivity index (χ0) is 14.8. The van der Waals surface area contributed by atoms with Crippen LogP contribution in [0.2, 0.25) is 0 Å². The summed E-state index contributed by atoms with van der Waals surface area (Å²) in [5.74, 6) is 0.479. The van der Waals surface area contributed by atoms with Crippen LogP contribution >= 0.6 is 0 Å². The fourth-order valence-corrected chi connectivity index (χ4v) is 2.93. The van der Waals surface area contributed by atoms with Crippen LogP contribution in [-0.2, 0) is 6.42 Å². The minimum Gasteiger partial charge on any atom is -0.393 e. The number of aromatic nitrogens is 4. The van der Waals surface area contributed by atoms with Crippen LogP contribution < -0.4 is 5.32 Å². The number of fused-ring (bicyclic) bond motifs is 1. The van der Waals surface area contributed by atoms with Crippen molar-refractivity contribution in [1.29, 1.82) is 0 Å². The molecule has 0 spiro atoms. The molecule has 2 heterocycles. The highest BCUT2D eigenvalue weighted by molar-refractivity contribution is 5.95. The minimum atomic E-state index is -0.299. The van der Waals surface area contributed by atoms with Gasteiger partial charge in [0.15, 0.2) is 0 Å². The number of aryl methyl sites for hydroxylation is 1. The van der Waals surface area contributed by atoms with E-state index in [4.69, 9.17) is 0 Å². The molecule has 0 saturated heterocycles. The molecule has 1 fully saturated rings. The zero-order valence-electron chi connectivity index (χ0n) is 12.0. The van der Waals surface area contributed by atoms with E-state index in [0.717, 1.165) is 25.0 Å². The van der Waals surface area contributed by atoms with E-state index in [2.05, 4.69) is 20.4 Å². The van der Waals surface area contributed by atoms with E-state index >= 15 is 0 Å². The van der Waals surface area contributed by atoms with Crippen molar-refractivity contribution >= 4 is 11.7 Å². The van der Waals surface area contributed by atoms with E-state index in [1.807, 2.05) is 6.92 Å². The molecular formula is C14H19N5O2. The van der Waals surface area contributed by atoms with Crippen molar-refractivity contribution in [3.05, 3.63) is 23.8 Å². The van der Waals surface area contributed by atoms with Crippen molar-refractivity contribution in [2.24, 2.45) is 5.92 Å². The maximum atomic E-state index is 12.4. The Kier molecular flexibility index (Phi) is 3.83. The summed E-state index contributed by atoms with van der Waals surface area (Å²) in [6, 6.07) is 0. The minimum absolute atomic E-state index is 0.155. The molecule has 21 heavy (non-hydrogen) atoms. The highest BCUT2D eigenvalue weighted by atomic mass is 16.3. The van der Waals surface area contributed by atoms with Crippen LogP contribution in [-0.4, -0.2) is 43.2 Å². The molecule has 2 atom stereocenters. The fraction of sp³-hybridized carbons (Fsp3) is 0.571. The van der Waals surface area contributed by atoms with Crippen LogP contribution in [0, 0.1) is 5.92 Å². The second-order valence-corrected chi connectivity index (χ2v) is 5.41.